The quantitative estimate of drug-likeness (QED) is 0.659. The molecule has 1 atom stereocenters. The van der Waals surface area contributed by atoms with Crippen LogP contribution in [0.5, 0.6) is 0 Å². The van der Waals surface area contributed by atoms with Crippen molar-refractivity contribution < 1.29 is 4.79 Å². The number of guanidine groups is 1. The maximum atomic E-state index is 12.4. The summed E-state index contributed by atoms with van der Waals surface area (Å²) in [7, 11) is 0. The molecule has 2 aliphatic heterocycles. The molecule has 1 aromatic rings. The Hall–Kier alpha value is -2.24. The topological polar surface area (TPSA) is 65.2 Å². The fraction of sp³-hybridized carbons (Fsp3) is 0.600. The van der Waals surface area contributed by atoms with Crippen LogP contribution in [0.1, 0.15) is 26.2 Å². The zero-order chi connectivity index (χ0) is 18.4. The van der Waals surface area contributed by atoms with Gasteiger partial charge in [0, 0.05) is 51.4 Å². The first kappa shape index (κ1) is 18.5. The van der Waals surface area contributed by atoms with E-state index in [1.807, 2.05) is 11.0 Å². The second-order valence-corrected chi connectivity index (χ2v) is 7.39. The Morgan fingerprint density at radius 3 is 2.54 bits per heavy atom. The molecular weight excluding hydrogens is 326 g/mol. The number of piperazine rings is 1. The fourth-order valence-electron chi connectivity index (χ4n) is 3.77. The molecule has 2 aliphatic rings. The van der Waals surface area contributed by atoms with Crippen molar-refractivity contribution in [2.45, 2.75) is 26.2 Å². The molecule has 142 valence electrons. The van der Waals surface area contributed by atoms with E-state index in [-0.39, 0.29) is 5.91 Å². The lowest BCUT2D eigenvalue weighted by Crippen LogP contribution is -2.49. The minimum Gasteiger partial charge on any atom is -0.370 e. The molecule has 0 aliphatic carbocycles. The van der Waals surface area contributed by atoms with Gasteiger partial charge < -0.3 is 20.4 Å². The number of likely N-dealkylation sites (tertiary alicyclic amines) is 1. The summed E-state index contributed by atoms with van der Waals surface area (Å²) in [5.41, 5.74) is 7.33. The van der Waals surface area contributed by atoms with Crippen molar-refractivity contribution in [1.29, 1.82) is 0 Å². The molecule has 0 bridgehead atoms. The van der Waals surface area contributed by atoms with E-state index in [9.17, 15) is 4.79 Å². The van der Waals surface area contributed by atoms with E-state index in [4.69, 9.17) is 5.73 Å². The highest BCUT2D eigenvalue weighted by molar-refractivity contribution is 5.80. The largest absolute Gasteiger partial charge is 0.370 e. The summed E-state index contributed by atoms with van der Waals surface area (Å²) in [6.07, 6.45) is 2.87. The lowest BCUT2D eigenvalue weighted by atomic mass is 10.0. The number of amides is 1. The number of anilines is 1. The summed E-state index contributed by atoms with van der Waals surface area (Å²) in [4.78, 5) is 23.3. The van der Waals surface area contributed by atoms with E-state index < -0.39 is 0 Å². The van der Waals surface area contributed by atoms with Crippen molar-refractivity contribution in [2.75, 3.05) is 50.7 Å². The van der Waals surface area contributed by atoms with Gasteiger partial charge in [0.25, 0.3) is 0 Å². The molecule has 26 heavy (non-hydrogen) atoms. The van der Waals surface area contributed by atoms with Gasteiger partial charge >= 0.3 is 0 Å². The molecule has 6 nitrogen and oxygen atoms in total. The van der Waals surface area contributed by atoms with Crippen LogP contribution in [-0.2, 0) is 4.79 Å². The molecule has 2 saturated heterocycles. The number of para-hydroxylation sites is 1. The van der Waals surface area contributed by atoms with Crippen LogP contribution in [0.2, 0.25) is 0 Å². The molecule has 6 heteroatoms. The molecule has 1 aromatic carbocycles. The van der Waals surface area contributed by atoms with Crippen LogP contribution in [-0.4, -0.2) is 67.5 Å². The minimum absolute atomic E-state index is 0.182. The van der Waals surface area contributed by atoms with Crippen LogP contribution >= 0.6 is 0 Å². The smallest absolute Gasteiger partial charge is 0.224 e. The Labute approximate surface area is 156 Å². The number of hydrogen-bond donors (Lipinski definition) is 1. The van der Waals surface area contributed by atoms with Gasteiger partial charge in [-0.15, -0.1) is 0 Å². The normalized spacial score (nSPS) is 21.8. The van der Waals surface area contributed by atoms with Crippen molar-refractivity contribution in [1.82, 2.24) is 9.80 Å². The summed E-state index contributed by atoms with van der Waals surface area (Å²) < 4.78 is 0. The summed E-state index contributed by atoms with van der Waals surface area (Å²) in [6.45, 7) is 8.00. The van der Waals surface area contributed by atoms with Crippen LogP contribution in [0.3, 0.4) is 0 Å². The first-order valence-electron chi connectivity index (χ1n) is 9.76. The number of nitrogens with two attached hydrogens (primary N) is 1. The first-order chi connectivity index (χ1) is 12.6. The monoisotopic (exact) mass is 357 g/mol. The Bertz CT molecular complexity index is 610. The zero-order valence-electron chi connectivity index (χ0n) is 15.8. The number of benzene rings is 1. The van der Waals surface area contributed by atoms with Crippen LogP contribution in [0.15, 0.2) is 35.3 Å². The highest BCUT2D eigenvalue weighted by Gasteiger charge is 2.21. The number of piperidine rings is 1. The van der Waals surface area contributed by atoms with Crippen LogP contribution in [0.25, 0.3) is 0 Å². The molecule has 1 amide bonds. The SMILES string of the molecule is CC1CCCN(C(N)=NCCC(=O)N2CCN(c3ccccc3)CC2)C1. The van der Waals surface area contributed by atoms with E-state index >= 15 is 0 Å². The average Bonchev–Trinajstić information content (AvgIpc) is 2.68. The minimum atomic E-state index is 0.182. The van der Waals surface area contributed by atoms with Crippen molar-refractivity contribution in [3.63, 3.8) is 0 Å². The van der Waals surface area contributed by atoms with Gasteiger partial charge in [0.05, 0.1) is 6.54 Å². The number of carbonyl (C=O) groups is 1. The molecule has 0 radical (unpaired) electrons. The number of nitrogens with zero attached hydrogens (tertiary/aromatic N) is 4. The molecular formula is C20H31N5O. The van der Waals surface area contributed by atoms with Gasteiger partial charge in [0.2, 0.25) is 5.91 Å². The number of aliphatic imine (C=N–C) groups is 1. The zero-order valence-corrected chi connectivity index (χ0v) is 15.8. The summed E-state index contributed by atoms with van der Waals surface area (Å²) in [6, 6.07) is 10.4. The molecule has 0 saturated carbocycles. The number of rotatable bonds is 4. The van der Waals surface area contributed by atoms with Crippen molar-refractivity contribution in [3.05, 3.63) is 30.3 Å². The second kappa shape index (κ2) is 8.92. The summed E-state index contributed by atoms with van der Waals surface area (Å²) in [5.74, 6) is 1.44. The fourth-order valence-corrected chi connectivity index (χ4v) is 3.77. The van der Waals surface area contributed by atoms with E-state index in [1.54, 1.807) is 0 Å². The Kier molecular flexibility index (Phi) is 6.36. The molecule has 1 unspecified atom stereocenters. The van der Waals surface area contributed by atoms with Gasteiger partial charge in [0.15, 0.2) is 5.96 Å². The summed E-state index contributed by atoms with van der Waals surface area (Å²) >= 11 is 0. The maximum absolute atomic E-state index is 12.4. The lowest BCUT2D eigenvalue weighted by Gasteiger charge is -2.36. The Balaban J connectivity index is 1.41. The highest BCUT2D eigenvalue weighted by atomic mass is 16.2. The van der Waals surface area contributed by atoms with E-state index in [2.05, 4.69) is 46.0 Å². The van der Waals surface area contributed by atoms with E-state index in [0.29, 0.717) is 24.8 Å². The average molecular weight is 358 g/mol. The van der Waals surface area contributed by atoms with Crippen molar-refractivity contribution >= 4 is 17.6 Å². The van der Waals surface area contributed by atoms with Crippen LogP contribution < -0.4 is 10.6 Å². The van der Waals surface area contributed by atoms with Gasteiger partial charge in [-0.1, -0.05) is 25.1 Å². The highest BCUT2D eigenvalue weighted by Crippen LogP contribution is 2.16. The molecule has 2 heterocycles. The van der Waals surface area contributed by atoms with Gasteiger partial charge in [-0.2, -0.15) is 0 Å². The molecule has 2 N–H and O–H groups in total. The van der Waals surface area contributed by atoms with Gasteiger partial charge in [-0.05, 0) is 30.9 Å². The predicted molar refractivity (Wildman–Crippen MR) is 106 cm³/mol. The lowest BCUT2D eigenvalue weighted by molar-refractivity contribution is -0.131. The second-order valence-electron chi connectivity index (χ2n) is 7.39. The number of hydrogen-bond acceptors (Lipinski definition) is 3. The first-order valence-corrected chi connectivity index (χ1v) is 9.76. The molecule has 2 fully saturated rings. The molecule has 3 rings (SSSR count). The number of carbonyl (C=O) groups excluding carboxylic acids is 1. The Morgan fingerprint density at radius 2 is 1.85 bits per heavy atom. The van der Waals surface area contributed by atoms with Crippen molar-refractivity contribution in [2.24, 2.45) is 16.6 Å². The molecule has 0 aromatic heterocycles. The van der Waals surface area contributed by atoms with Crippen LogP contribution in [0, 0.1) is 5.92 Å². The summed E-state index contributed by atoms with van der Waals surface area (Å²) in [5, 5.41) is 0. The molecule has 0 spiro atoms. The predicted octanol–water partition coefficient (Wildman–Crippen LogP) is 1.77. The van der Waals surface area contributed by atoms with Gasteiger partial charge in [0.1, 0.15) is 0 Å². The third kappa shape index (κ3) is 4.90. The van der Waals surface area contributed by atoms with Crippen LogP contribution in [0.4, 0.5) is 5.69 Å². The van der Waals surface area contributed by atoms with E-state index in [0.717, 1.165) is 39.3 Å². The standard InChI is InChI=1S/C20H31N5O/c1-17-6-5-11-25(16-17)20(21)22-10-9-19(26)24-14-12-23(13-15-24)18-7-3-2-4-8-18/h2-4,7-8,17H,5-6,9-16H2,1H3,(H2,21,22). The van der Waals surface area contributed by atoms with Gasteiger partial charge in [-0.25, -0.2) is 0 Å². The third-order valence-electron chi connectivity index (χ3n) is 5.33. The Morgan fingerprint density at radius 1 is 1.12 bits per heavy atom. The van der Waals surface area contributed by atoms with Crippen molar-refractivity contribution in [3.8, 4) is 0 Å². The van der Waals surface area contributed by atoms with E-state index in [1.165, 1.54) is 18.5 Å². The maximum Gasteiger partial charge on any atom is 0.224 e. The van der Waals surface area contributed by atoms with Gasteiger partial charge in [-0.3, -0.25) is 9.79 Å². The third-order valence-corrected chi connectivity index (χ3v) is 5.33.